The summed E-state index contributed by atoms with van der Waals surface area (Å²) in [5.41, 5.74) is 4.10. The van der Waals surface area contributed by atoms with Gasteiger partial charge in [0.15, 0.2) is 0 Å². The van der Waals surface area contributed by atoms with E-state index >= 15 is 0 Å². The van der Waals surface area contributed by atoms with Gasteiger partial charge >= 0.3 is 0 Å². The van der Waals surface area contributed by atoms with E-state index in [1.807, 2.05) is 43.3 Å². The van der Waals surface area contributed by atoms with E-state index in [1.54, 1.807) is 24.5 Å². The molecule has 1 aliphatic rings. The number of halogens is 3. The molecule has 2 aromatic carbocycles. The van der Waals surface area contributed by atoms with Gasteiger partial charge in [-0.05, 0) is 60.5 Å². The fraction of sp³-hybridized carbons (Fsp3) is 0.233. The number of hydrogen-bond donors (Lipinski definition) is 2. The molecule has 3 heterocycles. The van der Waals surface area contributed by atoms with Crippen molar-refractivity contribution >= 4 is 21.7 Å². The molecule has 2 aromatic heterocycles. The highest BCUT2D eigenvalue weighted by Gasteiger charge is 2.52. The molecule has 1 amide bonds. The highest BCUT2D eigenvalue weighted by molar-refractivity contribution is 7.89. The highest BCUT2D eigenvalue weighted by Crippen LogP contribution is 2.36. The molecule has 0 aliphatic carbocycles. The Kier molecular flexibility index (Phi) is 8.28. The van der Waals surface area contributed by atoms with Gasteiger partial charge in [-0.3, -0.25) is 9.78 Å². The molecule has 5 rings (SSSR count). The first-order valence-corrected chi connectivity index (χ1v) is 14.6. The first-order chi connectivity index (χ1) is 20.0. The summed E-state index contributed by atoms with van der Waals surface area (Å²) in [5.74, 6) is -4.43. The number of carbonyl (C=O) groups excluding carboxylic acids is 1. The van der Waals surface area contributed by atoms with Crippen LogP contribution in [0.25, 0.3) is 11.3 Å². The van der Waals surface area contributed by atoms with E-state index in [9.17, 15) is 26.4 Å². The lowest BCUT2D eigenvalue weighted by atomic mass is 10.1. The predicted molar refractivity (Wildman–Crippen MR) is 151 cm³/mol. The van der Waals surface area contributed by atoms with Crippen LogP contribution in [0.15, 0.2) is 90.1 Å². The Hall–Kier alpha value is -4.29. The van der Waals surface area contributed by atoms with E-state index in [1.165, 1.54) is 0 Å². The van der Waals surface area contributed by atoms with Crippen LogP contribution in [-0.2, 0) is 27.9 Å². The minimum atomic E-state index is -4.49. The number of hydrogen-bond acceptors (Lipinski definition) is 6. The number of nitrogens with one attached hydrogen (secondary N) is 2. The third-order valence-corrected chi connectivity index (χ3v) is 8.71. The summed E-state index contributed by atoms with van der Waals surface area (Å²) in [5, 5.41) is 5.87. The zero-order valence-electron chi connectivity index (χ0n) is 22.6. The fourth-order valence-corrected chi connectivity index (χ4v) is 6.27. The van der Waals surface area contributed by atoms with Gasteiger partial charge in [-0.1, -0.05) is 35.9 Å². The van der Waals surface area contributed by atoms with Crippen LogP contribution >= 0.6 is 0 Å². The first kappa shape index (κ1) is 29.2. The lowest BCUT2D eigenvalue weighted by Crippen LogP contribution is -2.45. The summed E-state index contributed by atoms with van der Waals surface area (Å²) >= 11 is 0. The van der Waals surface area contributed by atoms with Gasteiger partial charge in [-0.2, -0.15) is 4.31 Å². The fourth-order valence-electron chi connectivity index (χ4n) is 4.66. The van der Waals surface area contributed by atoms with Gasteiger partial charge < -0.3 is 10.6 Å². The molecule has 42 heavy (non-hydrogen) atoms. The summed E-state index contributed by atoms with van der Waals surface area (Å²) in [6, 6.07) is 17.1. The van der Waals surface area contributed by atoms with E-state index in [-0.39, 0.29) is 11.4 Å². The molecule has 1 fully saturated rings. The van der Waals surface area contributed by atoms with Gasteiger partial charge in [0.25, 0.3) is 5.92 Å². The Labute approximate surface area is 241 Å². The standard InChI is InChI=1S/C30H28F3N5O3S/c1-20-4-6-23(7-5-20)26-13-22(14-28(37-26)35-17-21-3-2-12-34-16-21)18-36-29(39)27-15-30(32,33)19-38(27)42(40,41)25-10-8-24(31)9-11-25/h2-14,16,27H,15,17-19H2,1H3,(H,35,37)(H,36,39)/t27-/m0/s1. The number of nitrogens with zero attached hydrogens (tertiary/aromatic N) is 3. The smallest absolute Gasteiger partial charge is 0.263 e. The lowest BCUT2D eigenvalue weighted by Gasteiger charge is -2.23. The Balaban J connectivity index is 1.37. The number of rotatable bonds is 9. The van der Waals surface area contributed by atoms with Crippen LogP contribution in [0.4, 0.5) is 19.0 Å². The number of aryl methyl sites for hydroxylation is 1. The molecule has 0 bridgehead atoms. The average Bonchev–Trinajstić information content (AvgIpc) is 3.32. The molecule has 0 radical (unpaired) electrons. The van der Waals surface area contributed by atoms with E-state index in [2.05, 4.69) is 15.6 Å². The maximum atomic E-state index is 14.5. The number of pyridine rings is 2. The molecule has 0 saturated carbocycles. The van der Waals surface area contributed by atoms with Crippen molar-refractivity contribution in [2.45, 2.75) is 43.3 Å². The van der Waals surface area contributed by atoms with Gasteiger partial charge in [-0.15, -0.1) is 0 Å². The molecule has 4 aromatic rings. The number of alkyl halides is 2. The van der Waals surface area contributed by atoms with Gasteiger partial charge in [0.05, 0.1) is 17.1 Å². The van der Waals surface area contributed by atoms with Crippen LogP contribution < -0.4 is 10.6 Å². The Bertz CT molecular complexity index is 1670. The molecule has 1 aliphatic heterocycles. The van der Waals surface area contributed by atoms with E-state index < -0.39 is 46.7 Å². The van der Waals surface area contributed by atoms with Gasteiger partial charge in [0, 0.05) is 37.5 Å². The summed E-state index contributed by atoms with van der Waals surface area (Å²) in [4.78, 5) is 21.6. The van der Waals surface area contributed by atoms with Crippen LogP contribution in [0, 0.1) is 12.7 Å². The van der Waals surface area contributed by atoms with Crippen molar-refractivity contribution in [3.8, 4) is 11.3 Å². The lowest BCUT2D eigenvalue weighted by molar-refractivity contribution is -0.124. The van der Waals surface area contributed by atoms with E-state index in [0.29, 0.717) is 27.9 Å². The molecule has 218 valence electrons. The second-order valence-electron chi connectivity index (χ2n) is 10.1. The Morgan fingerprint density at radius 3 is 2.45 bits per heavy atom. The maximum Gasteiger partial charge on any atom is 0.263 e. The van der Waals surface area contributed by atoms with Crippen LogP contribution in [0.5, 0.6) is 0 Å². The summed E-state index contributed by atoms with van der Waals surface area (Å²) < 4.78 is 69.1. The Morgan fingerprint density at radius 1 is 1.02 bits per heavy atom. The summed E-state index contributed by atoms with van der Waals surface area (Å²) in [6.07, 6.45) is 2.43. The van der Waals surface area contributed by atoms with Crippen molar-refractivity contribution in [1.82, 2.24) is 19.6 Å². The highest BCUT2D eigenvalue weighted by atomic mass is 32.2. The number of sulfonamides is 1. The van der Waals surface area contributed by atoms with Gasteiger partial charge in [0.2, 0.25) is 15.9 Å². The molecular formula is C30H28F3N5O3S. The molecule has 0 unspecified atom stereocenters. The van der Waals surface area contributed by atoms with E-state index in [0.717, 1.165) is 41.0 Å². The van der Waals surface area contributed by atoms with Crippen LogP contribution in [0.1, 0.15) is 23.1 Å². The molecular weight excluding hydrogens is 567 g/mol. The van der Waals surface area contributed by atoms with E-state index in [4.69, 9.17) is 4.98 Å². The summed E-state index contributed by atoms with van der Waals surface area (Å²) in [6.45, 7) is 1.20. The van der Waals surface area contributed by atoms with Crippen LogP contribution in [0.3, 0.4) is 0 Å². The van der Waals surface area contributed by atoms with Gasteiger partial charge in [0.1, 0.15) is 17.7 Å². The van der Waals surface area contributed by atoms with Crippen molar-refractivity contribution in [1.29, 1.82) is 0 Å². The third-order valence-electron chi connectivity index (χ3n) is 6.85. The largest absolute Gasteiger partial charge is 0.366 e. The topological polar surface area (TPSA) is 104 Å². The number of anilines is 1. The SMILES string of the molecule is Cc1ccc(-c2cc(CNC(=O)[C@@H]3CC(F)(F)CN3S(=O)(=O)c3ccc(F)cc3)cc(NCc3cccnc3)n2)cc1. The van der Waals surface area contributed by atoms with Crippen molar-refractivity contribution < 1.29 is 26.4 Å². The molecule has 1 saturated heterocycles. The second-order valence-corrected chi connectivity index (χ2v) is 12.0. The molecule has 2 N–H and O–H groups in total. The molecule has 0 spiro atoms. The van der Waals surface area contributed by atoms with Crippen molar-refractivity contribution in [2.75, 3.05) is 11.9 Å². The normalized spacial score (nSPS) is 16.7. The number of carbonyl (C=O) groups is 1. The second kappa shape index (κ2) is 11.9. The minimum absolute atomic E-state index is 0.0612. The molecule has 12 heteroatoms. The maximum absolute atomic E-state index is 14.5. The Morgan fingerprint density at radius 2 is 1.76 bits per heavy atom. The third kappa shape index (κ3) is 6.77. The van der Waals surface area contributed by atoms with Gasteiger partial charge in [-0.25, -0.2) is 26.6 Å². The monoisotopic (exact) mass is 595 g/mol. The number of benzene rings is 2. The molecule has 8 nitrogen and oxygen atoms in total. The van der Waals surface area contributed by atoms with Crippen molar-refractivity contribution in [3.63, 3.8) is 0 Å². The summed E-state index contributed by atoms with van der Waals surface area (Å²) in [7, 11) is -4.49. The number of amides is 1. The van der Waals surface area contributed by atoms with Crippen LogP contribution in [-0.4, -0.2) is 47.1 Å². The minimum Gasteiger partial charge on any atom is -0.366 e. The molecule has 1 atom stereocenters. The number of aromatic nitrogens is 2. The average molecular weight is 596 g/mol. The first-order valence-electron chi connectivity index (χ1n) is 13.1. The quantitative estimate of drug-likeness (QED) is 0.285. The van der Waals surface area contributed by atoms with Crippen molar-refractivity contribution in [3.05, 3.63) is 108 Å². The zero-order valence-corrected chi connectivity index (χ0v) is 23.4. The predicted octanol–water partition coefficient (Wildman–Crippen LogP) is 4.92. The van der Waals surface area contributed by atoms with Crippen LogP contribution in [0.2, 0.25) is 0 Å². The van der Waals surface area contributed by atoms with Crippen molar-refractivity contribution in [2.24, 2.45) is 0 Å². The zero-order chi connectivity index (χ0) is 29.9.